The first-order chi connectivity index (χ1) is 9.94. The number of H-pyrrole nitrogens is 2. The molecule has 0 aliphatic rings. The molecule has 3 rings (SSSR count). The molecule has 1 aromatic carbocycles. The molecule has 0 fully saturated rings. The predicted molar refractivity (Wildman–Crippen MR) is 87.7 cm³/mol. The summed E-state index contributed by atoms with van der Waals surface area (Å²) in [5.41, 5.74) is 2.13. The summed E-state index contributed by atoms with van der Waals surface area (Å²) in [5.74, 6) is -0.235. The van der Waals surface area contributed by atoms with Crippen LogP contribution in [0.5, 0.6) is 0 Å². The lowest BCUT2D eigenvalue weighted by atomic mass is 10.2. The second-order valence-corrected chi connectivity index (χ2v) is 6.34. The van der Waals surface area contributed by atoms with E-state index in [1.807, 2.05) is 0 Å². The maximum atomic E-state index is 12.3. The fourth-order valence-corrected chi connectivity index (χ4v) is 3.05. The standard InChI is InChI=1S/C13H10Br2N4O2/c1-19-5-6(14)2-11(19)12(20)16-8-4-10-9(3-7(8)15)17-13(21)18-10/h2-5H,1H3,(H,16,20)(H2,17,18,21). The maximum Gasteiger partial charge on any atom is 0.323 e. The van der Waals surface area contributed by atoms with Gasteiger partial charge < -0.3 is 19.9 Å². The Morgan fingerprint density at radius 3 is 2.48 bits per heavy atom. The first kappa shape index (κ1) is 14.2. The highest BCUT2D eigenvalue weighted by Crippen LogP contribution is 2.27. The zero-order valence-electron chi connectivity index (χ0n) is 10.8. The molecule has 3 aromatic rings. The molecule has 2 heterocycles. The van der Waals surface area contributed by atoms with Gasteiger partial charge >= 0.3 is 5.69 Å². The molecule has 0 saturated carbocycles. The van der Waals surface area contributed by atoms with E-state index in [9.17, 15) is 9.59 Å². The van der Waals surface area contributed by atoms with Crippen molar-refractivity contribution in [3.63, 3.8) is 0 Å². The van der Waals surface area contributed by atoms with E-state index in [0.717, 1.165) is 4.47 Å². The molecule has 8 heteroatoms. The van der Waals surface area contributed by atoms with Crippen LogP contribution in [-0.2, 0) is 7.05 Å². The van der Waals surface area contributed by atoms with Gasteiger partial charge in [-0.05, 0) is 50.1 Å². The summed E-state index contributed by atoms with van der Waals surface area (Å²) < 4.78 is 3.25. The Balaban J connectivity index is 1.97. The van der Waals surface area contributed by atoms with Gasteiger partial charge in [0.1, 0.15) is 5.69 Å². The van der Waals surface area contributed by atoms with Gasteiger partial charge in [0.25, 0.3) is 5.91 Å². The van der Waals surface area contributed by atoms with Crippen molar-refractivity contribution in [2.75, 3.05) is 5.32 Å². The number of imidazole rings is 1. The van der Waals surface area contributed by atoms with Gasteiger partial charge in [-0.15, -0.1) is 0 Å². The van der Waals surface area contributed by atoms with Crippen molar-refractivity contribution in [2.45, 2.75) is 0 Å². The quantitative estimate of drug-likeness (QED) is 0.603. The van der Waals surface area contributed by atoms with Crippen molar-refractivity contribution < 1.29 is 4.79 Å². The Morgan fingerprint density at radius 2 is 1.86 bits per heavy atom. The number of halogens is 2. The van der Waals surface area contributed by atoms with Crippen LogP contribution in [0.25, 0.3) is 11.0 Å². The third kappa shape index (κ3) is 2.68. The zero-order valence-corrected chi connectivity index (χ0v) is 14.0. The van der Waals surface area contributed by atoms with E-state index < -0.39 is 0 Å². The Kier molecular flexibility index (Phi) is 3.50. The lowest BCUT2D eigenvalue weighted by Gasteiger charge is -2.08. The largest absolute Gasteiger partial charge is 0.345 e. The van der Waals surface area contributed by atoms with Crippen molar-refractivity contribution in [1.29, 1.82) is 0 Å². The van der Waals surface area contributed by atoms with E-state index in [4.69, 9.17) is 0 Å². The number of nitrogens with one attached hydrogen (secondary N) is 3. The summed E-state index contributed by atoms with van der Waals surface area (Å²) in [6.45, 7) is 0. The summed E-state index contributed by atoms with van der Waals surface area (Å²) in [6, 6.07) is 5.18. The lowest BCUT2D eigenvalue weighted by Crippen LogP contribution is -2.15. The molecule has 2 aromatic heterocycles. The molecule has 0 radical (unpaired) electrons. The number of amides is 1. The van der Waals surface area contributed by atoms with Gasteiger partial charge in [0.05, 0.1) is 16.7 Å². The van der Waals surface area contributed by atoms with Crippen LogP contribution in [0.3, 0.4) is 0 Å². The number of aromatic nitrogens is 3. The maximum absolute atomic E-state index is 12.3. The second kappa shape index (κ2) is 5.19. The van der Waals surface area contributed by atoms with Crippen LogP contribution in [0.4, 0.5) is 5.69 Å². The van der Waals surface area contributed by atoms with Crippen LogP contribution in [-0.4, -0.2) is 20.4 Å². The topological polar surface area (TPSA) is 82.7 Å². The fourth-order valence-electron chi connectivity index (χ4n) is 2.09. The number of hydrogen-bond donors (Lipinski definition) is 3. The second-order valence-electron chi connectivity index (χ2n) is 4.57. The van der Waals surface area contributed by atoms with Crippen LogP contribution >= 0.6 is 31.9 Å². The first-order valence-electron chi connectivity index (χ1n) is 5.99. The number of fused-ring (bicyclic) bond motifs is 1. The molecule has 108 valence electrons. The van der Waals surface area contributed by atoms with Crippen LogP contribution in [0.1, 0.15) is 10.5 Å². The number of anilines is 1. The van der Waals surface area contributed by atoms with E-state index in [1.165, 1.54) is 0 Å². The summed E-state index contributed by atoms with van der Waals surface area (Å²) in [6.07, 6.45) is 1.80. The number of hydrogen-bond acceptors (Lipinski definition) is 2. The summed E-state index contributed by atoms with van der Waals surface area (Å²) in [7, 11) is 1.79. The van der Waals surface area contributed by atoms with Crippen molar-refractivity contribution in [2.24, 2.45) is 7.05 Å². The average Bonchev–Trinajstić information content (AvgIpc) is 2.91. The Morgan fingerprint density at radius 1 is 1.19 bits per heavy atom. The van der Waals surface area contributed by atoms with Crippen LogP contribution in [0, 0.1) is 0 Å². The van der Waals surface area contributed by atoms with E-state index in [1.54, 1.807) is 36.0 Å². The molecule has 0 aliphatic carbocycles. The fraction of sp³-hybridized carbons (Fsp3) is 0.0769. The van der Waals surface area contributed by atoms with Gasteiger partial charge in [-0.25, -0.2) is 4.79 Å². The van der Waals surface area contributed by atoms with Gasteiger partial charge in [-0.3, -0.25) is 4.79 Å². The van der Waals surface area contributed by atoms with Gasteiger partial charge in [0.15, 0.2) is 0 Å². The molecule has 0 unspecified atom stereocenters. The molecular formula is C13H10Br2N4O2. The van der Waals surface area contributed by atoms with Crippen molar-refractivity contribution in [1.82, 2.24) is 14.5 Å². The third-order valence-corrected chi connectivity index (χ3v) is 4.15. The van der Waals surface area contributed by atoms with Crippen molar-refractivity contribution in [3.8, 4) is 0 Å². The minimum atomic E-state index is -0.285. The summed E-state index contributed by atoms with van der Waals surface area (Å²) in [5, 5.41) is 2.82. The summed E-state index contributed by atoms with van der Waals surface area (Å²) >= 11 is 6.72. The van der Waals surface area contributed by atoms with Gasteiger partial charge in [-0.2, -0.15) is 0 Å². The van der Waals surface area contributed by atoms with Crippen LogP contribution in [0.15, 0.2) is 38.1 Å². The molecular weight excluding hydrogens is 404 g/mol. The lowest BCUT2D eigenvalue weighted by molar-refractivity contribution is 0.101. The average molecular weight is 414 g/mol. The predicted octanol–water partition coefficient (Wildman–Crippen LogP) is 2.97. The van der Waals surface area contributed by atoms with Crippen molar-refractivity contribution >= 4 is 54.5 Å². The van der Waals surface area contributed by atoms with E-state index in [0.29, 0.717) is 26.9 Å². The van der Waals surface area contributed by atoms with Gasteiger partial charge in [0.2, 0.25) is 0 Å². The first-order valence-corrected chi connectivity index (χ1v) is 7.57. The highest BCUT2D eigenvalue weighted by atomic mass is 79.9. The number of aryl methyl sites for hydroxylation is 1. The molecule has 0 spiro atoms. The van der Waals surface area contributed by atoms with E-state index in [-0.39, 0.29) is 11.6 Å². The Bertz CT molecular complexity index is 907. The van der Waals surface area contributed by atoms with E-state index in [2.05, 4.69) is 47.1 Å². The Hall–Kier alpha value is -1.80. The zero-order chi connectivity index (χ0) is 15.1. The van der Waals surface area contributed by atoms with Gasteiger partial charge in [0, 0.05) is 22.2 Å². The Labute approximate surface area is 135 Å². The SMILES string of the molecule is Cn1cc(Br)cc1C(=O)Nc1cc2[nH]c(=O)[nH]c2cc1Br. The minimum absolute atomic E-state index is 0.235. The minimum Gasteiger partial charge on any atom is -0.345 e. The number of rotatable bonds is 2. The monoisotopic (exact) mass is 412 g/mol. The summed E-state index contributed by atoms with van der Waals surface area (Å²) in [4.78, 5) is 28.9. The molecule has 1 amide bonds. The third-order valence-electron chi connectivity index (χ3n) is 3.06. The number of aromatic amines is 2. The molecule has 0 aliphatic heterocycles. The van der Waals surface area contributed by atoms with E-state index >= 15 is 0 Å². The molecule has 21 heavy (non-hydrogen) atoms. The van der Waals surface area contributed by atoms with Crippen molar-refractivity contribution in [3.05, 3.63) is 49.5 Å². The van der Waals surface area contributed by atoms with Gasteiger partial charge in [-0.1, -0.05) is 0 Å². The highest BCUT2D eigenvalue weighted by molar-refractivity contribution is 9.10. The van der Waals surface area contributed by atoms with Crippen LogP contribution in [0.2, 0.25) is 0 Å². The molecule has 0 atom stereocenters. The smallest absolute Gasteiger partial charge is 0.323 e. The normalized spacial score (nSPS) is 11.0. The molecule has 0 saturated heterocycles. The molecule has 0 bridgehead atoms. The van der Waals surface area contributed by atoms with Crippen LogP contribution < -0.4 is 11.0 Å². The number of carbonyl (C=O) groups excluding carboxylic acids is 1. The molecule has 6 nitrogen and oxygen atoms in total. The highest BCUT2D eigenvalue weighted by Gasteiger charge is 2.14. The molecule has 3 N–H and O–H groups in total. The number of nitrogens with zero attached hydrogens (tertiary/aromatic N) is 1. The number of carbonyl (C=O) groups is 1. The number of benzene rings is 1.